The highest BCUT2D eigenvalue weighted by Crippen LogP contribution is 2.27. The molecule has 7 nitrogen and oxygen atoms in total. The van der Waals surface area contributed by atoms with Gasteiger partial charge >= 0.3 is 0 Å². The van der Waals surface area contributed by atoms with Crippen LogP contribution >= 0.6 is 11.3 Å². The smallest absolute Gasteiger partial charge is 0.263 e. The summed E-state index contributed by atoms with van der Waals surface area (Å²) in [6, 6.07) is 7.47. The van der Waals surface area contributed by atoms with Gasteiger partial charge in [0.15, 0.2) is 5.58 Å². The molecule has 1 aliphatic heterocycles. The van der Waals surface area contributed by atoms with Crippen LogP contribution in [0.15, 0.2) is 34.9 Å². The van der Waals surface area contributed by atoms with E-state index in [0.29, 0.717) is 34.6 Å². The van der Waals surface area contributed by atoms with E-state index in [4.69, 9.17) is 13.9 Å². The first-order chi connectivity index (χ1) is 11.3. The minimum absolute atomic E-state index is 0.219. The minimum atomic E-state index is -0.460. The third-order valence-electron chi connectivity index (χ3n) is 3.31. The summed E-state index contributed by atoms with van der Waals surface area (Å²) in [6.45, 7) is 1.31. The van der Waals surface area contributed by atoms with Crippen molar-refractivity contribution in [2.45, 2.75) is 12.8 Å². The number of fused-ring (bicyclic) bond motifs is 1. The zero-order valence-corrected chi connectivity index (χ0v) is 12.8. The Labute approximate surface area is 135 Å². The number of para-hydroxylation sites is 2. The summed E-state index contributed by atoms with van der Waals surface area (Å²) in [6.07, 6.45) is 1.06. The summed E-state index contributed by atoms with van der Waals surface area (Å²) in [5, 5.41) is 3.42. The number of carbonyl (C=O) groups is 1. The number of amides is 1. The van der Waals surface area contributed by atoms with Gasteiger partial charge in [0.2, 0.25) is 12.2 Å². The highest BCUT2D eigenvalue weighted by Gasteiger charge is 2.23. The molecule has 4 rings (SSSR count). The van der Waals surface area contributed by atoms with Crippen molar-refractivity contribution in [3.63, 3.8) is 0 Å². The van der Waals surface area contributed by atoms with Gasteiger partial charge in [-0.3, -0.25) is 4.79 Å². The molecule has 118 valence electrons. The van der Waals surface area contributed by atoms with Crippen molar-refractivity contribution in [3.8, 4) is 0 Å². The predicted molar refractivity (Wildman–Crippen MR) is 81.9 cm³/mol. The van der Waals surface area contributed by atoms with Crippen LogP contribution in [-0.4, -0.2) is 29.1 Å². The third kappa shape index (κ3) is 2.96. The summed E-state index contributed by atoms with van der Waals surface area (Å²) < 4.78 is 16.3. The van der Waals surface area contributed by atoms with Crippen LogP contribution in [-0.2, 0) is 16.0 Å². The molecule has 1 aliphatic rings. The Kier molecular flexibility index (Phi) is 3.78. The zero-order valence-electron chi connectivity index (χ0n) is 12.0. The van der Waals surface area contributed by atoms with E-state index in [1.54, 1.807) is 0 Å². The SMILES string of the molecule is O=C(NCc1nc2ccccc2o1)c1cnc(C2OCCO2)s1. The van der Waals surface area contributed by atoms with E-state index in [2.05, 4.69) is 15.3 Å². The van der Waals surface area contributed by atoms with Gasteiger partial charge in [-0.05, 0) is 12.1 Å². The van der Waals surface area contributed by atoms with E-state index < -0.39 is 6.29 Å². The summed E-state index contributed by atoms with van der Waals surface area (Å²) >= 11 is 1.25. The van der Waals surface area contributed by atoms with E-state index in [1.807, 2.05) is 24.3 Å². The molecule has 0 unspecified atom stereocenters. The van der Waals surface area contributed by atoms with Crippen molar-refractivity contribution < 1.29 is 18.7 Å². The molecular weight excluding hydrogens is 318 g/mol. The first kappa shape index (κ1) is 14.3. The van der Waals surface area contributed by atoms with Gasteiger partial charge in [0.05, 0.1) is 26.0 Å². The van der Waals surface area contributed by atoms with Crippen molar-refractivity contribution in [3.05, 3.63) is 46.2 Å². The molecular formula is C15H13N3O4S. The van der Waals surface area contributed by atoms with Crippen molar-refractivity contribution in [1.29, 1.82) is 0 Å². The zero-order chi connectivity index (χ0) is 15.6. The van der Waals surface area contributed by atoms with Crippen LogP contribution in [0.5, 0.6) is 0 Å². The van der Waals surface area contributed by atoms with E-state index in [1.165, 1.54) is 17.5 Å². The fourth-order valence-electron chi connectivity index (χ4n) is 2.24. The summed E-state index contributed by atoms with van der Waals surface area (Å²) in [7, 11) is 0. The number of hydrogen-bond donors (Lipinski definition) is 1. The average Bonchev–Trinajstić information content (AvgIpc) is 3.31. The molecule has 1 aromatic carbocycles. The number of ether oxygens (including phenoxy) is 2. The van der Waals surface area contributed by atoms with Crippen molar-refractivity contribution >= 4 is 28.3 Å². The molecule has 1 fully saturated rings. The molecule has 0 saturated carbocycles. The van der Waals surface area contributed by atoms with Crippen LogP contribution in [0.2, 0.25) is 0 Å². The van der Waals surface area contributed by atoms with E-state index in [0.717, 1.165) is 5.52 Å². The monoisotopic (exact) mass is 331 g/mol. The molecule has 0 bridgehead atoms. The molecule has 3 aromatic rings. The Morgan fingerprint density at radius 1 is 1.30 bits per heavy atom. The molecule has 8 heteroatoms. The number of rotatable bonds is 4. The molecule has 1 N–H and O–H groups in total. The Morgan fingerprint density at radius 2 is 2.13 bits per heavy atom. The number of carbonyl (C=O) groups excluding carboxylic acids is 1. The lowest BCUT2D eigenvalue weighted by Gasteiger charge is -2.03. The standard InChI is InChI=1S/C15H13N3O4S/c19-13(11-7-17-14(23-11)15-20-5-6-21-15)16-8-12-18-9-3-1-2-4-10(9)22-12/h1-4,7,15H,5-6,8H2,(H,16,19). The number of oxazole rings is 1. The fourth-order valence-corrected chi connectivity index (χ4v) is 3.07. The molecule has 3 heterocycles. The summed E-state index contributed by atoms with van der Waals surface area (Å²) in [5.74, 6) is 0.237. The molecule has 23 heavy (non-hydrogen) atoms. The number of nitrogens with zero attached hydrogens (tertiary/aromatic N) is 2. The fraction of sp³-hybridized carbons (Fsp3) is 0.267. The van der Waals surface area contributed by atoms with Gasteiger partial charge in [-0.25, -0.2) is 9.97 Å². The lowest BCUT2D eigenvalue weighted by molar-refractivity contribution is -0.0442. The number of thiazole rings is 1. The van der Waals surface area contributed by atoms with Gasteiger partial charge in [-0.15, -0.1) is 11.3 Å². The number of hydrogen-bond acceptors (Lipinski definition) is 7. The van der Waals surface area contributed by atoms with Crippen molar-refractivity contribution in [1.82, 2.24) is 15.3 Å². The van der Waals surface area contributed by atoms with Crippen LogP contribution in [0.1, 0.15) is 26.9 Å². The van der Waals surface area contributed by atoms with Gasteiger partial charge in [-0.2, -0.15) is 0 Å². The molecule has 0 radical (unpaired) electrons. The normalized spacial score (nSPS) is 15.3. The molecule has 2 aromatic heterocycles. The maximum absolute atomic E-state index is 12.2. The molecule has 0 atom stereocenters. The summed E-state index contributed by atoms with van der Waals surface area (Å²) in [4.78, 5) is 21.2. The predicted octanol–water partition coefficient (Wildman–Crippen LogP) is 2.26. The van der Waals surface area contributed by atoms with Gasteiger partial charge in [-0.1, -0.05) is 12.1 Å². The first-order valence-electron chi connectivity index (χ1n) is 7.11. The van der Waals surface area contributed by atoms with Gasteiger partial charge in [0.1, 0.15) is 15.4 Å². The highest BCUT2D eigenvalue weighted by molar-refractivity contribution is 7.13. The van der Waals surface area contributed by atoms with Crippen LogP contribution in [0, 0.1) is 0 Å². The third-order valence-corrected chi connectivity index (χ3v) is 4.33. The highest BCUT2D eigenvalue weighted by atomic mass is 32.1. The largest absolute Gasteiger partial charge is 0.439 e. The molecule has 1 amide bonds. The average molecular weight is 331 g/mol. The molecule has 0 spiro atoms. The Morgan fingerprint density at radius 3 is 2.96 bits per heavy atom. The number of benzene rings is 1. The Bertz CT molecular complexity index is 805. The quantitative estimate of drug-likeness (QED) is 0.789. The van der Waals surface area contributed by atoms with E-state index >= 15 is 0 Å². The topological polar surface area (TPSA) is 86.5 Å². The second-order valence-corrected chi connectivity index (χ2v) is 5.96. The van der Waals surface area contributed by atoms with Crippen LogP contribution in [0.4, 0.5) is 0 Å². The number of nitrogens with one attached hydrogen (secondary N) is 1. The van der Waals surface area contributed by atoms with Crippen LogP contribution in [0.3, 0.4) is 0 Å². The Hall–Kier alpha value is -2.29. The first-order valence-corrected chi connectivity index (χ1v) is 7.93. The Balaban J connectivity index is 1.41. The maximum atomic E-state index is 12.2. The van der Waals surface area contributed by atoms with Crippen molar-refractivity contribution in [2.24, 2.45) is 0 Å². The van der Waals surface area contributed by atoms with Gasteiger partial charge in [0.25, 0.3) is 5.91 Å². The lowest BCUT2D eigenvalue weighted by Crippen LogP contribution is -2.21. The molecule has 1 saturated heterocycles. The molecule has 0 aliphatic carbocycles. The van der Waals surface area contributed by atoms with Gasteiger partial charge in [0, 0.05) is 0 Å². The summed E-state index contributed by atoms with van der Waals surface area (Å²) in [5.41, 5.74) is 1.47. The lowest BCUT2D eigenvalue weighted by atomic mass is 10.3. The maximum Gasteiger partial charge on any atom is 0.263 e. The second-order valence-electron chi connectivity index (χ2n) is 4.89. The van der Waals surface area contributed by atoms with Crippen LogP contribution < -0.4 is 5.32 Å². The number of aromatic nitrogens is 2. The minimum Gasteiger partial charge on any atom is -0.439 e. The van der Waals surface area contributed by atoms with Crippen molar-refractivity contribution in [2.75, 3.05) is 13.2 Å². The second kappa shape index (κ2) is 6.07. The van der Waals surface area contributed by atoms with Crippen LogP contribution in [0.25, 0.3) is 11.1 Å². The van der Waals surface area contributed by atoms with E-state index in [9.17, 15) is 4.79 Å². The van der Waals surface area contributed by atoms with Gasteiger partial charge < -0.3 is 19.2 Å². The van der Waals surface area contributed by atoms with E-state index in [-0.39, 0.29) is 12.5 Å².